The van der Waals surface area contributed by atoms with Gasteiger partial charge < -0.3 is 19.5 Å². The molecule has 0 bridgehead atoms. The monoisotopic (exact) mass is 341 g/mol. The first-order valence-corrected chi connectivity index (χ1v) is 7.82. The smallest absolute Gasteiger partial charge is 0.163 e. The van der Waals surface area contributed by atoms with Gasteiger partial charge in [0.15, 0.2) is 11.5 Å². The molecule has 2 aliphatic heterocycles. The van der Waals surface area contributed by atoms with Crippen LogP contribution >= 0.6 is 15.9 Å². The molecule has 1 N–H and O–H groups in total. The standard InChI is InChI=1S/C15H20BrNO3/c1-15(2)9-10(3-4-20-15)17-12-8-14-13(7-11(12)16)18-5-6-19-14/h7-8,10,17H,3-6,9H2,1-2H3. The Kier molecular flexibility index (Phi) is 3.82. The van der Waals surface area contributed by atoms with Crippen LogP contribution in [0.15, 0.2) is 16.6 Å². The van der Waals surface area contributed by atoms with Gasteiger partial charge in [0.2, 0.25) is 0 Å². The number of nitrogens with one attached hydrogen (secondary N) is 1. The first-order chi connectivity index (χ1) is 9.53. The predicted octanol–water partition coefficient (Wildman–Crippen LogP) is 3.59. The molecule has 1 atom stereocenters. The van der Waals surface area contributed by atoms with E-state index < -0.39 is 0 Å². The Labute approximate surface area is 127 Å². The predicted molar refractivity (Wildman–Crippen MR) is 81.8 cm³/mol. The van der Waals surface area contributed by atoms with Crippen LogP contribution in [-0.4, -0.2) is 31.5 Å². The van der Waals surface area contributed by atoms with Gasteiger partial charge in [-0.05, 0) is 42.6 Å². The summed E-state index contributed by atoms with van der Waals surface area (Å²) in [5, 5.41) is 3.59. The lowest BCUT2D eigenvalue weighted by Crippen LogP contribution is -2.40. The molecule has 0 aromatic heterocycles. The van der Waals surface area contributed by atoms with Gasteiger partial charge in [-0.1, -0.05) is 0 Å². The highest BCUT2D eigenvalue weighted by Crippen LogP contribution is 2.39. The molecular weight excluding hydrogens is 322 g/mol. The van der Waals surface area contributed by atoms with Gasteiger partial charge in [-0.15, -0.1) is 0 Å². The zero-order valence-electron chi connectivity index (χ0n) is 11.9. The molecule has 4 nitrogen and oxygen atoms in total. The molecule has 1 unspecified atom stereocenters. The lowest BCUT2D eigenvalue weighted by atomic mass is 9.94. The van der Waals surface area contributed by atoms with Crippen molar-refractivity contribution in [3.63, 3.8) is 0 Å². The minimum absolute atomic E-state index is 0.0593. The van der Waals surface area contributed by atoms with E-state index in [0.717, 1.165) is 41.1 Å². The Morgan fingerprint density at radius 1 is 1.15 bits per heavy atom. The molecule has 1 aromatic rings. The van der Waals surface area contributed by atoms with Crippen molar-refractivity contribution in [2.75, 3.05) is 25.1 Å². The van der Waals surface area contributed by atoms with E-state index in [1.54, 1.807) is 0 Å². The first kappa shape index (κ1) is 14.0. The largest absolute Gasteiger partial charge is 0.486 e. The highest BCUT2D eigenvalue weighted by Gasteiger charge is 2.29. The molecule has 0 spiro atoms. The van der Waals surface area contributed by atoms with Crippen LogP contribution in [0.25, 0.3) is 0 Å². The topological polar surface area (TPSA) is 39.7 Å². The highest BCUT2D eigenvalue weighted by molar-refractivity contribution is 9.10. The second-order valence-electron chi connectivity index (χ2n) is 5.92. The van der Waals surface area contributed by atoms with E-state index in [1.807, 2.05) is 12.1 Å². The zero-order chi connectivity index (χ0) is 14.2. The second-order valence-corrected chi connectivity index (χ2v) is 6.77. The minimum atomic E-state index is -0.0593. The quantitative estimate of drug-likeness (QED) is 0.892. The van der Waals surface area contributed by atoms with Crippen molar-refractivity contribution in [1.29, 1.82) is 0 Å². The average Bonchev–Trinajstić information content (AvgIpc) is 2.38. The summed E-state index contributed by atoms with van der Waals surface area (Å²) >= 11 is 3.60. The van der Waals surface area contributed by atoms with Crippen molar-refractivity contribution < 1.29 is 14.2 Å². The molecule has 2 aliphatic rings. The Balaban J connectivity index is 1.77. The Morgan fingerprint density at radius 2 is 1.85 bits per heavy atom. The van der Waals surface area contributed by atoms with Crippen LogP contribution in [0.5, 0.6) is 11.5 Å². The van der Waals surface area contributed by atoms with Crippen LogP contribution in [0.4, 0.5) is 5.69 Å². The van der Waals surface area contributed by atoms with Gasteiger partial charge in [0.05, 0.1) is 11.3 Å². The van der Waals surface area contributed by atoms with E-state index in [1.165, 1.54) is 0 Å². The third-order valence-corrected chi connectivity index (χ3v) is 4.34. The Bertz CT molecular complexity index is 504. The average molecular weight is 342 g/mol. The summed E-state index contributed by atoms with van der Waals surface area (Å²) in [7, 11) is 0. The minimum Gasteiger partial charge on any atom is -0.486 e. The summed E-state index contributed by atoms with van der Waals surface area (Å²) in [6, 6.07) is 4.40. The first-order valence-electron chi connectivity index (χ1n) is 7.03. The van der Waals surface area contributed by atoms with Crippen molar-refractivity contribution >= 4 is 21.6 Å². The van der Waals surface area contributed by atoms with Gasteiger partial charge in [-0.2, -0.15) is 0 Å². The van der Waals surface area contributed by atoms with Crippen LogP contribution < -0.4 is 14.8 Å². The van der Waals surface area contributed by atoms with Crippen molar-refractivity contribution in [3.8, 4) is 11.5 Å². The van der Waals surface area contributed by atoms with Crippen molar-refractivity contribution in [2.24, 2.45) is 0 Å². The molecule has 1 fully saturated rings. The number of anilines is 1. The number of fused-ring (bicyclic) bond motifs is 1. The van der Waals surface area contributed by atoms with Crippen LogP contribution in [0.2, 0.25) is 0 Å². The maximum Gasteiger partial charge on any atom is 0.163 e. The fourth-order valence-electron chi connectivity index (χ4n) is 2.75. The molecule has 0 amide bonds. The van der Waals surface area contributed by atoms with Gasteiger partial charge in [0.25, 0.3) is 0 Å². The van der Waals surface area contributed by atoms with Gasteiger partial charge in [0, 0.05) is 29.3 Å². The lowest BCUT2D eigenvalue weighted by Gasteiger charge is -2.36. The molecule has 0 saturated carbocycles. The summed E-state index contributed by atoms with van der Waals surface area (Å²) < 4.78 is 18.0. The number of hydrogen-bond donors (Lipinski definition) is 1. The fourth-order valence-corrected chi connectivity index (χ4v) is 3.19. The molecule has 1 aromatic carbocycles. The number of rotatable bonds is 2. The van der Waals surface area contributed by atoms with Crippen molar-refractivity contribution in [2.45, 2.75) is 38.3 Å². The summed E-state index contributed by atoms with van der Waals surface area (Å²) in [5.41, 5.74) is 0.993. The van der Waals surface area contributed by atoms with E-state index in [4.69, 9.17) is 14.2 Å². The van der Waals surface area contributed by atoms with Crippen molar-refractivity contribution in [3.05, 3.63) is 16.6 Å². The zero-order valence-corrected chi connectivity index (χ0v) is 13.5. The van der Waals surface area contributed by atoms with Gasteiger partial charge >= 0.3 is 0 Å². The molecular formula is C15H20BrNO3. The third kappa shape index (κ3) is 3.04. The Hall–Kier alpha value is -0.940. The van der Waals surface area contributed by atoms with Crippen LogP contribution in [0.1, 0.15) is 26.7 Å². The van der Waals surface area contributed by atoms with Crippen molar-refractivity contribution in [1.82, 2.24) is 0 Å². The molecule has 20 heavy (non-hydrogen) atoms. The molecule has 5 heteroatoms. The number of ether oxygens (including phenoxy) is 3. The van der Waals surface area contributed by atoms with E-state index >= 15 is 0 Å². The Morgan fingerprint density at radius 3 is 2.55 bits per heavy atom. The van der Waals surface area contributed by atoms with E-state index in [9.17, 15) is 0 Å². The third-order valence-electron chi connectivity index (χ3n) is 3.69. The second kappa shape index (κ2) is 5.45. The van der Waals surface area contributed by atoms with E-state index in [0.29, 0.717) is 19.3 Å². The fraction of sp³-hybridized carbons (Fsp3) is 0.600. The molecule has 0 radical (unpaired) electrons. The highest BCUT2D eigenvalue weighted by atomic mass is 79.9. The van der Waals surface area contributed by atoms with E-state index in [-0.39, 0.29) is 5.60 Å². The maximum atomic E-state index is 5.76. The van der Waals surface area contributed by atoms with E-state index in [2.05, 4.69) is 35.1 Å². The lowest BCUT2D eigenvalue weighted by molar-refractivity contribution is -0.0553. The summed E-state index contributed by atoms with van der Waals surface area (Å²) in [6.07, 6.45) is 2.01. The normalized spacial score (nSPS) is 24.2. The molecule has 110 valence electrons. The van der Waals surface area contributed by atoms with Crippen LogP contribution in [0.3, 0.4) is 0 Å². The maximum absolute atomic E-state index is 5.76. The summed E-state index contributed by atoms with van der Waals surface area (Å²) in [6.45, 7) is 6.30. The summed E-state index contributed by atoms with van der Waals surface area (Å²) in [4.78, 5) is 0. The molecule has 1 saturated heterocycles. The molecule has 3 rings (SSSR count). The SMILES string of the molecule is CC1(C)CC(Nc2cc3c(cc2Br)OCCO3)CCO1. The van der Waals surface area contributed by atoms with Gasteiger partial charge in [0.1, 0.15) is 13.2 Å². The van der Waals surface area contributed by atoms with Crippen LogP contribution in [0, 0.1) is 0 Å². The summed E-state index contributed by atoms with van der Waals surface area (Å²) in [5.74, 6) is 1.62. The number of hydrogen-bond acceptors (Lipinski definition) is 4. The number of benzene rings is 1. The van der Waals surface area contributed by atoms with Gasteiger partial charge in [-0.3, -0.25) is 0 Å². The van der Waals surface area contributed by atoms with Crippen LogP contribution in [-0.2, 0) is 4.74 Å². The number of halogens is 1. The molecule has 0 aliphatic carbocycles. The molecule has 2 heterocycles. The van der Waals surface area contributed by atoms with Gasteiger partial charge in [-0.25, -0.2) is 0 Å².